The molecule has 2 aromatic carbocycles. The second kappa shape index (κ2) is 8.23. The number of benzene rings is 2. The maximum Gasteiger partial charge on any atom is 0.261 e. The predicted octanol–water partition coefficient (Wildman–Crippen LogP) is 3.67. The van der Waals surface area contributed by atoms with E-state index in [0.29, 0.717) is 18.8 Å². The summed E-state index contributed by atoms with van der Waals surface area (Å²) in [5, 5.41) is 0. The fraction of sp³-hybridized carbons (Fsp3) is 0.400. The van der Waals surface area contributed by atoms with Crippen LogP contribution in [0.3, 0.4) is 0 Å². The highest BCUT2D eigenvalue weighted by atomic mass is 32.2. The molecule has 1 heterocycles. The van der Waals surface area contributed by atoms with Crippen LogP contribution in [-0.2, 0) is 20.0 Å². The standard InChI is InChI=1S/C20H26N2O4S2/c1-16-7-10-20(15-17(16)2)27(23,24)21-18-8-11-19(12-9-18)28(25,26)22-13-5-3-4-6-14-22/h7-12,15,21H,3-6,13-14H2,1-2H3. The predicted molar refractivity (Wildman–Crippen MR) is 110 cm³/mol. The molecule has 1 saturated heterocycles. The summed E-state index contributed by atoms with van der Waals surface area (Å²) >= 11 is 0. The molecule has 0 radical (unpaired) electrons. The Bertz CT molecular complexity index is 1040. The monoisotopic (exact) mass is 422 g/mol. The lowest BCUT2D eigenvalue weighted by Gasteiger charge is -2.20. The minimum Gasteiger partial charge on any atom is -0.280 e. The molecular weight excluding hydrogens is 396 g/mol. The summed E-state index contributed by atoms with van der Waals surface area (Å²) in [6.45, 7) is 4.84. The molecule has 0 spiro atoms. The molecule has 6 nitrogen and oxygen atoms in total. The fourth-order valence-electron chi connectivity index (χ4n) is 3.22. The zero-order chi connectivity index (χ0) is 20.4. The Hall–Kier alpha value is -1.90. The molecule has 1 aliphatic heterocycles. The molecule has 0 saturated carbocycles. The van der Waals surface area contributed by atoms with E-state index >= 15 is 0 Å². The number of nitrogens with zero attached hydrogens (tertiary/aromatic N) is 1. The van der Waals surface area contributed by atoms with Gasteiger partial charge in [0.2, 0.25) is 10.0 Å². The summed E-state index contributed by atoms with van der Waals surface area (Å²) in [6.07, 6.45) is 3.83. The maximum atomic E-state index is 12.8. The highest BCUT2D eigenvalue weighted by molar-refractivity contribution is 7.92. The van der Waals surface area contributed by atoms with E-state index in [4.69, 9.17) is 0 Å². The third-order valence-corrected chi connectivity index (χ3v) is 8.39. The van der Waals surface area contributed by atoms with Crippen LogP contribution in [0.4, 0.5) is 5.69 Å². The first-order chi connectivity index (χ1) is 13.2. The fourth-order valence-corrected chi connectivity index (χ4v) is 5.88. The molecule has 8 heteroatoms. The van der Waals surface area contributed by atoms with Crippen molar-refractivity contribution in [3.8, 4) is 0 Å². The molecule has 0 atom stereocenters. The molecule has 0 amide bonds. The molecular formula is C20H26N2O4S2. The Morgan fingerprint density at radius 2 is 1.32 bits per heavy atom. The van der Waals surface area contributed by atoms with Gasteiger partial charge in [0.25, 0.3) is 10.0 Å². The summed E-state index contributed by atoms with van der Waals surface area (Å²) in [5.74, 6) is 0. The summed E-state index contributed by atoms with van der Waals surface area (Å²) < 4.78 is 54.9. The summed E-state index contributed by atoms with van der Waals surface area (Å²) in [5.41, 5.74) is 2.23. The van der Waals surface area contributed by atoms with E-state index in [-0.39, 0.29) is 9.79 Å². The van der Waals surface area contributed by atoms with Gasteiger partial charge >= 0.3 is 0 Å². The van der Waals surface area contributed by atoms with Crippen molar-refractivity contribution in [3.05, 3.63) is 53.6 Å². The van der Waals surface area contributed by atoms with Crippen LogP contribution in [0.15, 0.2) is 52.3 Å². The van der Waals surface area contributed by atoms with Crippen LogP contribution < -0.4 is 4.72 Å². The largest absolute Gasteiger partial charge is 0.280 e. The van der Waals surface area contributed by atoms with E-state index in [0.717, 1.165) is 36.8 Å². The highest BCUT2D eigenvalue weighted by Crippen LogP contribution is 2.23. The Morgan fingerprint density at radius 3 is 1.89 bits per heavy atom. The Kier molecular flexibility index (Phi) is 6.12. The molecule has 3 rings (SSSR count). The van der Waals surface area contributed by atoms with Crippen molar-refractivity contribution in [2.75, 3.05) is 17.8 Å². The van der Waals surface area contributed by atoms with Crippen LogP contribution >= 0.6 is 0 Å². The minimum atomic E-state index is -3.74. The van der Waals surface area contributed by atoms with E-state index in [1.165, 1.54) is 28.6 Å². The van der Waals surface area contributed by atoms with Gasteiger partial charge in [-0.25, -0.2) is 16.8 Å². The molecule has 1 fully saturated rings. The molecule has 28 heavy (non-hydrogen) atoms. The maximum absolute atomic E-state index is 12.8. The number of sulfonamides is 2. The Morgan fingerprint density at radius 1 is 0.750 bits per heavy atom. The van der Waals surface area contributed by atoms with Gasteiger partial charge in [-0.05, 0) is 74.2 Å². The lowest BCUT2D eigenvalue weighted by atomic mass is 10.1. The third kappa shape index (κ3) is 4.56. The molecule has 0 unspecified atom stereocenters. The van der Waals surface area contributed by atoms with Crippen LogP contribution in [0, 0.1) is 13.8 Å². The number of rotatable bonds is 5. The molecule has 1 aliphatic rings. The van der Waals surface area contributed by atoms with Crippen LogP contribution in [-0.4, -0.2) is 34.2 Å². The van der Waals surface area contributed by atoms with Gasteiger partial charge in [0.1, 0.15) is 0 Å². The van der Waals surface area contributed by atoms with Gasteiger partial charge in [-0.2, -0.15) is 4.31 Å². The van der Waals surface area contributed by atoms with Gasteiger partial charge in [-0.15, -0.1) is 0 Å². The molecule has 2 aromatic rings. The first kappa shape index (κ1) is 20.8. The van der Waals surface area contributed by atoms with Crippen LogP contribution in [0.2, 0.25) is 0 Å². The number of aryl methyl sites for hydroxylation is 2. The van der Waals surface area contributed by atoms with E-state index in [2.05, 4.69) is 4.72 Å². The summed E-state index contributed by atoms with van der Waals surface area (Å²) in [6, 6.07) is 10.8. The summed E-state index contributed by atoms with van der Waals surface area (Å²) in [4.78, 5) is 0.361. The second-order valence-electron chi connectivity index (χ2n) is 7.19. The number of hydrogen-bond acceptors (Lipinski definition) is 4. The van der Waals surface area contributed by atoms with Crippen LogP contribution in [0.1, 0.15) is 36.8 Å². The molecule has 152 valence electrons. The van der Waals surface area contributed by atoms with Crippen LogP contribution in [0.5, 0.6) is 0 Å². The van der Waals surface area contributed by atoms with Crippen LogP contribution in [0.25, 0.3) is 0 Å². The van der Waals surface area contributed by atoms with E-state index in [9.17, 15) is 16.8 Å². The lowest BCUT2D eigenvalue weighted by molar-refractivity contribution is 0.424. The Balaban J connectivity index is 1.79. The zero-order valence-corrected chi connectivity index (χ0v) is 17.8. The van der Waals surface area contributed by atoms with Crippen molar-refractivity contribution in [1.82, 2.24) is 4.31 Å². The average Bonchev–Trinajstić information content (AvgIpc) is 2.94. The number of nitrogens with one attached hydrogen (secondary N) is 1. The zero-order valence-electron chi connectivity index (χ0n) is 16.2. The average molecular weight is 423 g/mol. The Labute approximate surface area is 167 Å². The first-order valence-electron chi connectivity index (χ1n) is 9.40. The van der Waals surface area contributed by atoms with Gasteiger partial charge < -0.3 is 0 Å². The van der Waals surface area contributed by atoms with Crippen molar-refractivity contribution in [1.29, 1.82) is 0 Å². The van der Waals surface area contributed by atoms with Gasteiger partial charge in [-0.3, -0.25) is 4.72 Å². The topological polar surface area (TPSA) is 83.5 Å². The highest BCUT2D eigenvalue weighted by Gasteiger charge is 2.25. The third-order valence-electron chi connectivity index (χ3n) is 5.10. The van der Waals surface area contributed by atoms with E-state index in [1.54, 1.807) is 18.2 Å². The van der Waals surface area contributed by atoms with Crippen molar-refractivity contribution < 1.29 is 16.8 Å². The minimum absolute atomic E-state index is 0.178. The molecule has 0 aliphatic carbocycles. The normalized spacial score (nSPS) is 16.5. The second-order valence-corrected chi connectivity index (χ2v) is 10.8. The van der Waals surface area contributed by atoms with Gasteiger partial charge in [-0.1, -0.05) is 18.9 Å². The molecule has 0 aromatic heterocycles. The number of hydrogen-bond donors (Lipinski definition) is 1. The van der Waals surface area contributed by atoms with Gasteiger partial charge in [0.05, 0.1) is 9.79 Å². The van der Waals surface area contributed by atoms with Gasteiger partial charge in [0.15, 0.2) is 0 Å². The van der Waals surface area contributed by atoms with Crippen molar-refractivity contribution >= 4 is 25.7 Å². The van der Waals surface area contributed by atoms with Gasteiger partial charge in [0, 0.05) is 18.8 Å². The first-order valence-corrected chi connectivity index (χ1v) is 12.3. The van der Waals surface area contributed by atoms with Crippen molar-refractivity contribution in [2.45, 2.75) is 49.3 Å². The quantitative estimate of drug-likeness (QED) is 0.797. The molecule has 1 N–H and O–H groups in total. The number of anilines is 1. The smallest absolute Gasteiger partial charge is 0.261 e. The SMILES string of the molecule is Cc1ccc(S(=O)(=O)Nc2ccc(S(=O)(=O)N3CCCCCC3)cc2)cc1C. The lowest BCUT2D eigenvalue weighted by Crippen LogP contribution is -2.31. The van der Waals surface area contributed by atoms with Crippen molar-refractivity contribution in [2.24, 2.45) is 0 Å². The summed E-state index contributed by atoms with van der Waals surface area (Å²) in [7, 11) is -7.29. The molecule has 0 bridgehead atoms. The van der Waals surface area contributed by atoms with Crippen molar-refractivity contribution in [3.63, 3.8) is 0 Å². The van der Waals surface area contributed by atoms with E-state index in [1.807, 2.05) is 13.8 Å². The van der Waals surface area contributed by atoms with E-state index < -0.39 is 20.0 Å².